The molecule has 0 unspecified atom stereocenters. The third kappa shape index (κ3) is 4.00. The smallest absolute Gasteiger partial charge is 0.244 e. The van der Waals surface area contributed by atoms with E-state index >= 15 is 0 Å². The Morgan fingerprint density at radius 1 is 1.33 bits per heavy atom. The molecule has 2 aromatic rings. The Labute approximate surface area is 146 Å². The van der Waals surface area contributed by atoms with Crippen molar-refractivity contribution in [3.8, 4) is 5.75 Å². The Hall–Kier alpha value is -2.21. The van der Waals surface area contributed by atoms with Crippen molar-refractivity contribution >= 4 is 23.3 Å². The number of piperidine rings is 1. The van der Waals surface area contributed by atoms with Gasteiger partial charge in [0.1, 0.15) is 24.2 Å². The number of halogens is 1. The fraction of sp³-hybridized carbons (Fsp3) is 0.412. The second-order valence-electron chi connectivity index (χ2n) is 6.02. The Morgan fingerprint density at radius 2 is 2.00 bits per heavy atom. The molecule has 1 amide bonds. The number of aryl methyl sites for hydroxylation is 1. The van der Waals surface area contributed by atoms with E-state index < -0.39 is 0 Å². The Bertz CT molecular complexity index is 706. The van der Waals surface area contributed by atoms with Crippen LogP contribution in [0.5, 0.6) is 5.75 Å². The minimum atomic E-state index is 0.0368. The SMILES string of the molecule is Cc1cc(N)n(CC(=O)N2CCC(Oc3ccc(Cl)cc3)CC2)n1. The first kappa shape index (κ1) is 16.6. The van der Waals surface area contributed by atoms with Crippen molar-refractivity contribution in [1.82, 2.24) is 14.7 Å². The average molecular weight is 349 g/mol. The van der Waals surface area contributed by atoms with Crippen LogP contribution in [0.15, 0.2) is 30.3 Å². The summed E-state index contributed by atoms with van der Waals surface area (Å²) in [5.41, 5.74) is 6.65. The van der Waals surface area contributed by atoms with Gasteiger partial charge in [0, 0.05) is 37.0 Å². The maximum Gasteiger partial charge on any atom is 0.244 e. The van der Waals surface area contributed by atoms with Gasteiger partial charge < -0.3 is 15.4 Å². The van der Waals surface area contributed by atoms with E-state index in [0.29, 0.717) is 23.9 Å². The molecule has 0 radical (unpaired) electrons. The molecule has 7 heteroatoms. The molecule has 1 aromatic carbocycles. The molecule has 0 bridgehead atoms. The first-order valence-electron chi connectivity index (χ1n) is 8.01. The lowest BCUT2D eigenvalue weighted by Crippen LogP contribution is -2.43. The van der Waals surface area contributed by atoms with Crippen molar-refractivity contribution in [3.05, 3.63) is 41.0 Å². The van der Waals surface area contributed by atoms with Gasteiger partial charge in [0.15, 0.2) is 0 Å². The summed E-state index contributed by atoms with van der Waals surface area (Å²) < 4.78 is 7.49. The van der Waals surface area contributed by atoms with E-state index in [1.165, 1.54) is 0 Å². The first-order valence-corrected chi connectivity index (χ1v) is 8.39. The molecule has 3 rings (SSSR count). The number of carbonyl (C=O) groups excluding carboxylic acids is 1. The number of benzene rings is 1. The van der Waals surface area contributed by atoms with Crippen molar-refractivity contribution in [2.45, 2.75) is 32.4 Å². The molecule has 1 aromatic heterocycles. The predicted molar refractivity (Wildman–Crippen MR) is 93.1 cm³/mol. The van der Waals surface area contributed by atoms with E-state index in [9.17, 15) is 4.79 Å². The van der Waals surface area contributed by atoms with Crippen LogP contribution in [0.3, 0.4) is 0 Å². The molecule has 0 spiro atoms. The van der Waals surface area contributed by atoms with Crippen LogP contribution in [-0.2, 0) is 11.3 Å². The topological polar surface area (TPSA) is 73.4 Å². The van der Waals surface area contributed by atoms with Crippen LogP contribution in [0.1, 0.15) is 18.5 Å². The van der Waals surface area contributed by atoms with Gasteiger partial charge in [0.25, 0.3) is 0 Å². The first-order chi connectivity index (χ1) is 11.5. The second-order valence-corrected chi connectivity index (χ2v) is 6.46. The van der Waals surface area contributed by atoms with Crippen LogP contribution in [0.25, 0.3) is 0 Å². The fourth-order valence-electron chi connectivity index (χ4n) is 2.85. The number of nitrogens with zero attached hydrogens (tertiary/aromatic N) is 3. The summed E-state index contributed by atoms with van der Waals surface area (Å²) in [6.45, 7) is 3.40. The second kappa shape index (κ2) is 7.13. The zero-order valence-corrected chi connectivity index (χ0v) is 14.4. The van der Waals surface area contributed by atoms with E-state index in [1.54, 1.807) is 10.7 Å². The molecule has 128 valence electrons. The summed E-state index contributed by atoms with van der Waals surface area (Å²) >= 11 is 5.87. The molecular weight excluding hydrogens is 328 g/mol. The molecule has 24 heavy (non-hydrogen) atoms. The van der Waals surface area contributed by atoms with Crippen LogP contribution in [0.2, 0.25) is 5.02 Å². The number of hydrogen-bond donors (Lipinski definition) is 1. The Balaban J connectivity index is 1.50. The Kier molecular flexibility index (Phi) is 4.94. The lowest BCUT2D eigenvalue weighted by atomic mass is 10.1. The number of carbonyl (C=O) groups is 1. The van der Waals surface area contributed by atoms with Crippen molar-refractivity contribution in [1.29, 1.82) is 0 Å². The average Bonchev–Trinajstić information content (AvgIpc) is 2.88. The number of nitrogens with two attached hydrogens (primary N) is 1. The Morgan fingerprint density at radius 3 is 2.58 bits per heavy atom. The van der Waals surface area contributed by atoms with Gasteiger partial charge >= 0.3 is 0 Å². The maximum absolute atomic E-state index is 12.4. The van der Waals surface area contributed by atoms with Gasteiger partial charge in [-0.1, -0.05) is 11.6 Å². The minimum Gasteiger partial charge on any atom is -0.490 e. The van der Waals surface area contributed by atoms with Gasteiger partial charge in [-0.3, -0.25) is 4.79 Å². The number of anilines is 1. The lowest BCUT2D eigenvalue weighted by Gasteiger charge is -2.32. The molecule has 0 aliphatic carbocycles. The molecule has 2 N–H and O–H groups in total. The number of amides is 1. The van der Waals surface area contributed by atoms with Crippen molar-refractivity contribution < 1.29 is 9.53 Å². The summed E-state index contributed by atoms with van der Waals surface area (Å²) in [7, 11) is 0. The predicted octanol–water partition coefficient (Wildman–Crippen LogP) is 2.50. The molecule has 1 aliphatic heterocycles. The van der Waals surface area contributed by atoms with E-state index in [0.717, 1.165) is 24.3 Å². The summed E-state index contributed by atoms with van der Waals surface area (Å²) in [6, 6.07) is 9.11. The highest BCUT2D eigenvalue weighted by Crippen LogP contribution is 2.21. The number of hydrogen-bond acceptors (Lipinski definition) is 4. The number of likely N-dealkylation sites (tertiary alicyclic amines) is 1. The summed E-state index contributed by atoms with van der Waals surface area (Å²) in [5.74, 6) is 1.36. The van der Waals surface area contributed by atoms with Gasteiger partial charge in [0.05, 0.1) is 5.69 Å². The lowest BCUT2D eigenvalue weighted by molar-refractivity contribution is -0.133. The van der Waals surface area contributed by atoms with E-state index in [1.807, 2.05) is 36.1 Å². The van der Waals surface area contributed by atoms with E-state index in [4.69, 9.17) is 22.1 Å². The molecule has 0 atom stereocenters. The summed E-state index contributed by atoms with van der Waals surface area (Å²) in [5, 5.41) is 4.92. The van der Waals surface area contributed by atoms with Crippen molar-refractivity contribution in [3.63, 3.8) is 0 Å². The molecule has 1 fully saturated rings. The van der Waals surface area contributed by atoms with Gasteiger partial charge in [-0.05, 0) is 31.2 Å². The van der Waals surface area contributed by atoms with Gasteiger partial charge in [-0.2, -0.15) is 5.10 Å². The van der Waals surface area contributed by atoms with E-state index in [-0.39, 0.29) is 18.6 Å². The van der Waals surface area contributed by atoms with Gasteiger partial charge in [0.2, 0.25) is 5.91 Å². The standard InChI is InChI=1S/C17H21ClN4O2/c1-12-10-16(19)22(20-12)11-17(23)21-8-6-15(7-9-21)24-14-4-2-13(18)3-5-14/h2-5,10,15H,6-9,11,19H2,1H3. The van der Waals surface area contributed by atoms with E-state index in [2.05, 4.69) is 5.10 Å². The highest BCUT2D eigenvalue weighted by atomic mass is 35.5. The van der Waals surface area contributed by atoms with Crippen LogP contribution in [0.4, 0.5) is 5.82 Å². The van der Waals surface area contributed by atoms with Crippen molar-refractivity contribution in [2.24, 2.45) is 0 Å². The van der Waals surface area contributed by atoms with Gasteiger partial charge in [-0.15, -0.1) is 0 Å². The fourth-order valence-corrected chi connectivity index (χ4v) is 2.97. The number of rotatable bonds is 4. The number of ether oxygens (including phenoxy) is 1. The largest absolute Gasteiger partial charge is 0.490 e. The number of nitrogen functional groups attached to an aromatic ring is 1. The van der Waals surface area contributed by atoms with Crippen LogP contribution in [0, 0.1) is 6.92 Å². The zero-order chi connectivity index (χ0) is 17.1. The third-order valence-corrected chi connectivity index (χ3v) is 4.38. The zero-order valence-electron chi connectivity index (χ0n) is 13.6. The summed E-state index contributed by atoms with van der Waals surface area (Å²) in [4.78, 5) is 14.2. The normalized spacial score (nSPS) is 15.5. The highest BCUT2D eigenvalue weighted by Gasteiger charge is 2.24. The monoisotopic (exact) mass is 348 g/mol. The third-order valence-electron chi connectivity index (χ3n) is 4.13. The van der Waals surface area contributed by atoms with Crippen LogP contribution < -0.4 is 10.5 Å². The summed E-state index contributed by atoms with van der Waals surface area (Å²) in [6.07, 6.45) is 1.73. The van der Waals surface area contributed by atoms with Gasteiger partial charge in [-0.25, -0.2) is 4.68 Å². The molecule has 2 heterocycles. The maximum atomic E-state index is 12.4. The van der Waals surface area contributed by atoms with Crippen LogP contribution >= 0.6 is 11.6 Å². The molecule has 0 saturated carbocycles. The number of aromatic nitrogens is 2. The molecule has 1 aliphatic rings. The quantitative estimate of drug-likeness (QED) is 0.921. The minimum absolute atomic E-state index is 0.0368. The van der Waals surface area contributed by atoms with Crippen LogP contribution in [-0.4, -0.2) is 39.8 Å². The molecular formula is C17H21ClN4O2. The van der Waals surface area contributed by atoms with Crippen molar-refractivity contribution in [2.75, 3.05) is 18.8 Å². The molecule has 1 saturated heterocycles. The molecule has 6 nitrogen and oxygen atoms in total. The highest BCUT2D eigenvalue weighted by molar-refractivity contribution is 6.30.